The maximum absolute atomic E-state index is 13.3. The van der Waals surface area contributed by atoms with E-state index in [-0.39, 0.29) is 5.82 Å². The molecular weight excluding hydrogens is 427 g/mol. The number of nitrogens with zero attached hydrogens (tertiary/aromatic N) is 5. The van der Waals surface area contributed by atoms with Gasteiger partial charge in [-0.2, -0.15) is 0 Å². The first-order valence-electron chi connectivity index (χ1n) is 11.5. The molecule has 2 aliphatic heterocycles. The smallest absolute Gasteiger partial charge is 0.156 e. The van der Waals surface area contributed by atoms with E-state index in [1.165, 1.54) is 17.7 Å². The molecule has 34 heavy (non-hydrogen) atoms. The third kappa shape index (κ3) is 5.31. The topological polar surface area (TPSA) is 56.6 Å². The molecule has 0 amide bonds. The van der Waals surface area contributed by atoms with E-state index in [0.717, 1.165) is 54.9 Å². The van der Waals surface area contributed by atoms with Gasteiger partial charge in [-0.15, -0.1) is 0 Å². The Hall–Kier alpha value is -4.00. The Morgan fingerprint density at radius 1 is 0.882 bits per heavy atom. The van der Waals surface area contributed by atoms with E-state index >= 15 is 0 Å². The fraction of sp³-hybridized carbons (Fsp3) is 0.222. The Balaban J connectivity index is 1.36. The predicted octanol–water partition coefficient (Wildman–Crippen LogP) is 4.88. The molecule has 0 atom stereocenters. The summed E-state index contributed by atoms with van der Waals surface area (Å²) in [7, 11) is 0. The Bertz CT molecular complexity index is 1230. The normalized spacial score (nSPS) is 16.1. The first-order valence-corrected chi connectivity index (χ1v) is 11.5. The number of hydrogen-bond donors (Lipinski definition) is 1. The first-order chi connectivity index (χ1) is 16.6. The average Bonchev–Trinajstić information content (AvgIpc) is 3.28. The molecule has 1 saturated heterocycles. The number of rotatable bonds is 5. The van der Waals surface area contributed by atoms with Gasteiger partial charge in [-0.1, -0.05) is 36.4 Å². The second kappa shape index (κ2) is 9.87. The molecule has 0 radical (unpaired) electrons. The van der Waals surface area contributed by atoms with Crippen molar-refractivity contribution in [2.75, 3.05) is 47.8 Å². The maximum atomic E-state index is 13.3. The highest BCUT2D eigenvalue weighted by Crippen LogP contribution is 2.22. The maximum Gasteiger partial charge on any atom is 0.156 e. The Kier molecular flexibility index (Phi) is 6.33. The van der Waals surface area contributed by atoms with Gasteiger partial charge >= 0.3 is 0 Å². The fourth-order valence-electron chi connectivity index (χ4n) is 4.08. The zero-order chi connectivity index (χ0) is 23.3. The van der Waals surface area contributed by atoms with E-state index in [0.29, 0.717) is 12.4 Å². The molecule has 7 heteroatoms. The van der Waals surface area contributed by atoms with Crippen molar-refractivity contribution in [1.29, 1.82) is 0 Å². The molecule has 5 rings (SSSR count). The summed E-state index contributed by atoms with van der Waals surface area (Å²) in [5.41, 5.74) is 3.36. The molecule has 3 heterocycles. The molecule has 0 spiro atoms. The molecule has 172 valence electrons. The van der Waals surface area contributed by atoms with Gasteiger partial charge in [0.05, 0.1) is 6.54 Å². The molecule has 3 aromatic rings. The molecule has 1 fully saturated rings. The third-order valence-electron chi connectivity index (χ3n) is 5.89. The molecule has 0 saturated carbocycles. The van der Waals surface area contributed by atoms with Crippen molar-refractivity contribution in [3.05, 3.63) is 89.5 Å². The summed E-state index contributed by atoms with van der Waals surface area (Å²) in [4.78, 5) is 18.6. The minimum atomic E-state index is -0.212. The average molecular weight is 455 g/mol. The van der Waals surface area contributed by atoms with E-state index in [1.54, 1.807) is 0 Å². The highest BCUT2D eigenvalue weighted by molar-refractivity contribution is 6.05. The van der Waals surface area contributed by atoms with E-state index in [9.17, 15) is 4.39 Å². The number of nitrogens with one attached hydrogen (secondary N) is 1. The van der Waals surface area contributed by atoms with Crippen LogP contribution in [-0.2, 0) is 0 Å². The monoisotopic (exact) mass is 454 g/mol. The number of halogens is 1. The standard InChI is InChI=1S/C27H27FN6/c1-20-17-25(29-19-20)31-26-18-27(32-24(30-26)12-7-21-5-3-2-4-6-21)34-15-13-33(14-16-34)23-10-8-22(28)9-11-23/h2-12,17-18H,13-16,19H2,1H3,(H,29,30,31,32)/b12-7+. The number of aromatic nitrogens is 2. The van der Waals surface area contributed by atoms with Crippen LogP contribution in [0.25, 0.3) is 12.2 Å². The summed E-state index contributed by atoms with van der Waals surface area (Å²) < 4.78 is 13.3. The zero-order valence-corrected chi connectivity index (χ0v) is 19.2. The van der Waals surface area contributed by atoms with Crippen LogP contribution in [0.5, 0.6) is 0 Å². The van der Waals surface area contributed by atoms with Crippen molar-refractivity contribution >= 4 is 35.3 Å². The minimum absolute atomic E-state index is 0.212. The zero-order valence-electron chi connectivity index (χ0n) is 19.2. The number of piperazine rings is 1. The second-order valence-electron chi connectivity index (χ2n) is 8.48. The molecule has 0 aliphatic carbocycles. The van der Waals surface area contributed by atoms with Crippen molar-refractivity contribution in [3.63, 3.8) is 0 Å². The number of amidine groups is 1. The van der Waals surface area contributed by atoms with Gasteiger partial charge in [0.2, 0.25) is 0 Å². The van der Waals surface area contributed by atoms with Gasteiger partial charge in [0.1, 0.15) is 23.3 Å². The van der Waals surface area contributed by atoms with Gasteiger partial charge in [0.15, 0.2) is 5.82 Å². The number of anilines is 3. The van der Waals surface area contributed by atoms with Gasteiger partial charge in [-0.05, 0) is 54.5 Å². The van der Waals surface area contributed by atoms with E-state index in [2.05, 4.69) is 39.2 Å². The van der Waals surface area contributed by atoms with Crippen LogP contribution < -0.4 is 15.1 Å². The molecule has 6 nitrogen and oxygen atoms in total. The van der Waals surface area contributed by atoms with Crippen molar-refractivity contribution in [2.24, 2.45) is 4.99 Å². The van der Waals surface area contributed by atoms with Crippen LogP contribution >= 0.6 is 0 Å². The quantitative estimate of drug-likeness (QED) is 0.595. The van der Waals surface area contributed by atoms with E-state index < -0.39 is 0 Å². The van der Waals surface area contributed by atoms with E-state index in [4.69, 9.17) is 9.97 Å². The summed E-state index contributed by atoms with van der Waals surface area (Å²) in [5, 5.41) is 3.35. The van der Waals surface area contributed by atoms with Crippen LogP contribution in [0, 0.1) is 5.82 Å². The van der Waals surface area contributed by atoms with Crippen LogP contribution in [0.15, 0.2) is 77.3 Å². The Labute approximate surface area is 199 Å². The predicted molar refractivity (Wildman–Crippen MR) is 138 cm³/mol. The number of aliphatic imine (C=N–C) groups is 1. The number of hydrogen-bond acceptors (Lipinski definition) is 6. The molecular formula is C27H27FN6. The van der Waals surface area contributed by atoms with Crippen molar-refractivity contribution in [1.82, 2.24) is 9.97 Å². The SMILES string of the molecule is CC1=CC(Nc2cc(N3CCN(c4ccc(F)cc4)CC3)nc(/C=C/c3ccccc3)n2)=NC1. The minimum Gasteiger partial charge on any atom is -0.368 e. The van der Waals surface area contributed by atoms with Gasteiger partial charge in [0, 0.05) is 37.9 Å². The Morgan fingerprint density at radius 2 is 1.62 bits per heavy atom. The van der Waals surface area contributed by atoms with Gasteiger partial charge in [-0.3, -0.25) is 4.99 Å². The lowest BCUT2D eigenvalue weighted by Crippen LogP contribution is -2.47. The van der Waals surface area contributed by atoms with Crippen LogP contribution in [0.3, 0.4) is 0 Å². The summed E-state index contributed by atoms with van der Waals surface area (Å²) in [6.45, 7) is 6.08. The Morgan fingerprint density at radius 3 is 2.32 bits per heavy atom. The third-order valence-corrected chi connectivity index (χ3v) is 5.89. The first kappa shape index (κ1) is 21.8. The molecule has 1 aromatic heterocycles. The lowest BCUT2D eigenvalue weighted by atomic mass is 10.2. The lowest BCUT2D eigenvalue weighted by molar-refractivity contribution is 0.624. The molecule has 0 bridgehead atoms. The molecule has 2 aromatic carbocycles. The van der Waals surface area contributed by atoms with Crippen LogP contribution in [0.2, 0.25) is 0 Å². The molecule has 0 unspecified atom stereocenters. The summed E-state index contributed by atoms with van der Waals surface area (Å²) in [6, 6.07) is 18.8. The highest BCUT2D eigenvalue weighted by Gasteiger charge is 2.20. The summed E-state index contributed by atoms with van der Waals surface area (Å²) in [6.07, 6.45) is 6.01. The van der Waals surface area contributed by atoms with Gasteiger partial charge < -0.3 is 15.1 Å². The molecule has 2 aliphatic rings. The van der Waals surface area contributed by atoms with Crippen molar-refractivity contribution in [2.45, 2.75) is 6.92 Å². The molecule has 1 N–H and O–H groups in total. The van der Waals surface area contributed by atoms with Crippen molar-refractivity contribution < 1.29 is 4.39 Å². The largest absolute Gasteiger partial charge is 0.368 e. The van der Waals surface area contributed by atoms with E-state index in [1.807, 2.05) is 54.6 Å². The van der Waals surface area contributed by atoms with Gasteiger partial charge in [-0.25, -0.2) is 14.4 Å². The van der Waals surface area contributed by atoms with Crippen LogP contribution in [0.4, 0.5) is 21.7 Å². The second-order valence-corrected chi connectivity index (χ2v) is 8.48. The lowest BCUT2D eigenvalue weighted by Gasteiger charge is -2.36. The van der Waals surface area contributed by atoms with Crippen LogP contribution in [0.1, 0.15) is 18.3 Å². The van der Waals surface area contributed by atoms with Crippen LogP contribution in [-0.4, -0.2) is 48.5 Å². The summed E-state index contributed by atoms with van der Waals surface area (Å²) >= 11 is 0. The van der Waals surface area contributed by atoms with Gasteiger partial charge in [0.25, 0.3) is 0 Å². The number of benzene rings is 2. The van der Waals surface area contributed by atoms with Crippen molar-refractivity contribution in [3.8, 4) is 0 Å². The fourth-order valence-corrected chi connectivity index (χ4v) is 4.08. The summed E-state index contributed by atoms with van der Waals surface area (Å²) in [5.74, 6) is 2.86. The highest BCUT2D eigenvalue weighted by atomic mass is 19.1.